The van der Waals surface area contributed by atoms with Crippen LogP contribution in [0.25, 0.3) is 0 Å². The molecule has 0 saturated heterocycles. The Labute approximate surface area is 255 Å². The fourth-order valence-corrected chi connectivity index (χ4v) is 8.29. The third kappa shape index (κ3) is 10.7. The lowest BCUT2D eigenvalue weighted by Gasteiger charge is -2.45. The van der Waals surface area contributed by atoms with Crippen LogP contribution in [0.1, 0.15) is 126 Å². The maximum atomic E-state index is 2.54. The zero-order valence-electron chi connectivity index (χ0n) is 27.3. The Hall–Kier alpha value is 0.880. The zero-order chi connectivity index (χ0) is 26.7. The largest absolute Gasteiger partial charge is 1.00 e. The molecule has 0 aromatic rings. The SMILES string of the molecule is CC1CCCC(C)(C)C1CCC(C)[N+](C)(C)CCC[N+](C)(C)C(C)CCC1C(C)CCCC1(C)C.[Br-].[Br-]. The predicted molar refractivity (Wildman–Crippen MR) is 157 cm³/mol. The summed E-state index contributed by atoms with van der Waals surface area (Å²) >= 11 is 0. The van der Waals surface area contributed by atoms with Gasteiger partial charge in [-0.2, -0.15) is 0 Å². The summed E-state index contributed by atoms with van der Waals surface area (Å²) in [6.45, 7) is 22.9. The molecule has 0 N–H and O–H groups in total. The number of hydrogen-bond acceptors (Lipinski definition) is 0. The maximum Gasteiger partial charge on any atom is 0.0857 e. The van der Waals surface area contributed by atoms with Crippen LogP contribution in [0.2, 0.25) is 0 Å². The van der Waals surface area contributed by atoms with Gasteiger partial charge in [-0.3, -0.25) is 0 Å². The second-order valence-corrected chi connectivity index (χ2v) is 16.1. The molecule has 0 aromatic heterocycles. The van der Waals surface area contributed by atoms with Crippen LogP contribution < -0.4 is 34.0 Å². The van der Waals surface area contributed by atoms with E-state index in [1.165, 1.54) is 92.7 Å². The minimum absolute atomic E-state index is 0. The van der Waals surface area contributed by atoms with Gasteiger partial charge in [0.05, 0.1) is 53.4 Å². The maximum absolute atomic E-state index is 2.54. The molecular weight excluding hydrogens is 584 g/mol. The lowest BCUT2D eigenvalue weighted by molar-refractivity contribution is -0.931. The van der Waals surface area contributed by atoms with Crippen molar-refractivity contribution in [1.29, 1.82) is 0 Å². The van der Waals surface area contributed by atoms with Gasteiger partial charge in [0.1, 0.15) is 0 Å². The van der Waals surface area contributed by atoms with Crippen LogP contribution in [0.3, 0.4) is 0 Å². The molecule has 0 radical (unpaired) electrons. The van der Waals surface area contributed by atoms with Crippen molar-refractivity contribution in [2.24, 2.45) is 34.5 Å². The molecule has 0 amide bonds. The van der Waals surface area contributed by atoms with E-state index in [-0.39, 0.29) is 34.0 Å². The van der Waals surface area contributed by atoms with Gasteiger partial charge in [-0.1, -0.05) is 67.2 Å². The molecule has 2 rings (SSSR count). The lowest BCUT2D eigenvalue weighted by Crippen LogP contribution is -3.00. The predicted octanol–water partition coefficient (Wildman–Crippen LogP) is 2.80. The van der Waals surface area contributed by atoms with Crippen molar-refractivity contribution in [2.75, 3.05) is 41.3 Å². The molecule has 0 heterocycles. The van der Waals surface area contributed by atoms with Gasteiger partial charge in [0, 0.05) is 6.42 Å². The summed E-state index contributed by atoms with van der Waals surface area (Å²) in [5.41, 5.74) is 1.08. The molecule has 2 aliphatic rings. The highest BCUT2D eigenvalue weighted by Gasteiger charge is 2.39. The molecule has 2 saturated carbocycles. The van der Waals surface area contributed by atoms with Gasteiger partial charge in [-0.05, 0) is 86.9 Å². The van der Waals surface area contributed by atoms with E-state index >= 15 is 0 Å². The van der Waals surface area contributed by atoms with Crippen molar-refractivity contribution < 1.29 is 42.9 Å². The van der Waals surface area contributed by atoms with Gasteiger partial charge in [-0.25, -0.2) is 0 Å². The van der Waals surface area contributed by atoms with Gasteiger partial charge in [-0.15, -0.1) is 0 Å². The van der Waals surface area contributed by atoms with Crippen LogP contribution in [0, 0.1) is 34.5 Å². The Kier molecular flexibility index (Phi) is 15.6. The highest BCUT2D eigenvalue weighted by molar-refractivity contribution is 4.87. The molecule has 0 spiro atoms. The number of halogens is 2. The van der Waals surface area contributed by atoms with Gasteiger partial charge in [0.25, 0.3) is 0 Å². The van der Waals surface area contributed by atoms with E-state index in [1.54, 1.807) is 0 Å². The van der Waals surface area contributed by atoms with Crippen molar-refractivity contribution in [3.8, 4) is 0 Å². The Bertz CT molecular complexity index is 588. The molecular formula is C33H68Br2N2. The third-order valence-electron chi connectivity index (χ3n) is 12.0. The first kappa shape index (κ1) is 37.9. The number of quaternary nitrogens is 2. The number of rotatable bonds is 12. The van der Waals surface area contributed by atoms with Crippen molar-refractivity contribution in [2.45, 2.75) is 138 Å². The summed E-state index contributed by atoms with van der Waals surface area (Å²) in [7, 11) is 9.98. The van der Waals surface area contributed by atoms with Gasteiger partial charge in [0.2, 0.25) is 0 Å². The van der Waals surface area contributed by atoms with Crippen LogP contribution in [0.5, 0.6) is 0 Å². The summed E-state index contributed by atoms with van der Waals surface area (Å²) in [5, 5.41) is 0. The Balaban J connectivity index is 0.00000648. The average molecular weight is 653 g/mol. The van der Waals surface area contributed by atoms with E-state index in [0.717, 1.165) is 35.8 Å². The molecule has 0 aliphatic heterocycles. The molecule has 6 atom stereocenters. The van der Waals surface area contributed by atoms with Gasteiger partial charge < -0.3 is 42.9 Å². The summed E-state index contributed by atoms with van der Waals surface area (Å²) in [6.07, 6.45) is 15.6. The van der Waals surface area contributed by atoms with E-state index in [9.17, 15) is 0 Å². The first-order valence-electron chi connectivity index (χ1n) is 15.6. The molecule has 6 unspecified atom stereocenters. The first-order valence-corrected chi connectivity index (χ1v) is 15.6. The van der Waals surface area contributed by atoms with Crippen molar-refractivity contribution in [1.82, 2.24) is 0 Å². The summed E-state index contributed by atoms with van der Waals surface area (Å²) in [6, 6.07) is 1.51. The van der Waals surface area contributed by atoms with E-state index in [4.69, 9.17) is 0 Å². The highest BCUT2D eigenvalue weighted by atomic mass is 79.9. The standard InChI is InChI=1S/C33H68N2.2BrH/c1-26-16-13-22-32(5,6)30(26)20-18-28(3)34(9,10)24-15-25-35(11,12)29(4)19-21-31-27(2)17-14-23-33(31,7)8;;/h26-31H,13-25H2,1-12H3;2*1H/q+2;;/p-2. The van der Waals surface area contributed by atoms with Gasteiger partial charge >= 0.3 is 0 Å². The minimum Gasteiger partial charge on any atom is -1.00 e. The molecule has 2 fully saturated rings. The normalized spacial score (nSPS) is 29.5. The highest BCUT2D eigenvalue weighted by Crippen LogP contribution is 2.47. The molecule has 224 valence electrons. The molecule has 0 bridgehead atoms. The smallest absolute Gasteiger partial charge is 0.0857 e. The molecule has 0 aromatic carbocycles. The first-order chi connectivity index (χ1) is 16.0. The second kappa shape index (κ2) is 15.2. The summed E-state index contributed by atoms with van der Waals surface area (Å²) < 4.78 is 2.37. The Morgan fingerprint density at radius 2 is 0.973 bits per heavy atom. The van der Waals surface area contributed by atoms with Gasteiger partial charge in [0.15, 0.2) is 0 Å². The molecule has 2 nitrogen and oxygen atoms in total. The number of nitrogens with zero attached hydrogens (tertiary/aromatic N) is 2. The molecule has 37 heavy (non-hydrogen) atoms. The molecule has 2 aliphatic carbocycles. The van der Waals surface area contributed by atoms with Crippen LogP contribution >= 0.6 is 0 Å². The minimum atomic E-state index is 0. The summed E-state index contributed by atoms with van der Waals surface area (Å²) in [5.74, 6) is 3.63. The van der Waals surface area contributed by atoms with E-state index in [0.29, 0.717) is 10.8 Å². The second-order valence-electron chi connectivity index (χ2n) is 16.1. The number of hydrogen-bond donors (Lipinski definition) is 0. The van der Waals surface area contributed by atoms with Crippen LogP contribution in [-0.4, -0.2) is 62.3 Å². The summed E-state index contributed by atoms with van der Waals surface area (Å²) in [4.78, 5) is 0. The van der Waals surface area contributed by atoms with Crippen molar-refractivity contribution >= 4 is 0 Å². The Morgan fingerprint density at radius 3 is 1.27 bits per heavy atom. The van der Waals surface area contributed by atoms with E-state index < -0.39 is 0 Å². The zero-order valence-corrected chi connectivity index (χ0v) is 30.5. The van der Waals surface area contributed by atoms with E-state index in [1.807, 2.05) is 0 Å². The van der Waals surface area contributed by atoms with Crippen molar-refractivity contribution in [3.05, 3.63) is 0 Å². The fourth-order valence-electron chi connectivity index (χ4n) is 8.29. The topological polar surface area (TPSA) is 0 Å². The van der Waals surface area contributed by atoms with Crippen LogP contribution in [0.4, 0.5) is 0 Å². The fraction of sp³-hybridized carbons (Fsp3) is 1.00. The lowest BCUT2D eigenvalue weighted by atomic mass is 9.62. The monoisotopic (exact) mass is 650 g/mol. The molecule has 4 heteroatoms. The third-order valence-corrected chi connectivity index (χ3v) is 12.0. The Morgan fingerprint density at radius 1 is 0.649 bits per heavy atom. The average Bonchev–Trinajstić information content (AvgIpc) is 2.71. The van der Waals surface area contributed by atoms with E-state index in [2.05, 4.69) is 83.6 Å². The quantitative estimate of drug-likeness (QED) is 0.285. The van der Waals surface area contributed by atoms with Crippen LogP contribution in [-0.2, 0) is 0 Å². The van der Waals surface area contributed by atoms with Crippen molar-refractivity contribution in [3.63, 3.8) is 0 Å². The van der Waals surface area contributed by atoms with Crippen LogP contribution in [0.15, 0.2) is 0 Å².